The Morgan fingerprint density at radius 1 is 1.25 bits per heavy atom. The van der Waals surface area contributed by atoms with Crippen LogP contribution in [0.15, 0.2) is 30.3 Å². The second kappa shape index (κ2) is 6.14. The number of amides is 1. The van der Waals surface area contributed by atoms with Crippen LogP contribution in [0.3, 0.4) is 0 Å². The van der Waals surface area contributed by atoms with Gasteiger partial charge in [0.15, 0.2) is 9.84 Å². The van der Waals surface area contributed by atoms with Crippen LogP contribution in [0, 0.1) is 6.92 Å². The normalized spacial score (nSPS) is 19.8. The van der Waals surface area contributed by atoms with Crippen molar-refractivity contribution in [2.24, 2.45) is 0 Å². The molecule has 128 valence electrons. The second-order valence-electron chi connectivity index (χ2n) is 6.38. The van der Waals surface area contributed by atoms with Crippen LogP contribution in [-0.4, -0.2) is 61.0 Å². The number of carbonyl (C=O) groups excluding carboxylic acids is 1. The van der Waals surface area contributed by atoms with Crippen molar-refractivity contribution >= 4 is 26.6 Å². The third kappa shape index (κ3) is 3.14. The van der Waals surface area contributed by atoms with Gasteiger partial charge in [-0.3, -0.25) is 14.8 Å². The highest BCUT2D eigenvalue weighted by Crippen LogP contribution is 2.24. The summed E-state index contributed by atoms with van der Waals surface area (Å²) in [4.78, 5) is 17.7. The third-order valence-corrected chi connectivity index (χ3v) is 6.02. The lowest BCUT2D eigenvalue weighted by Crippen LogP contribution is -2.49. The molecule has 3 rings (SSSR count). The highest BCUT2D eigenvalue weighted by atomic mass is 32.2. The van der Waals surface area contributed by atoms with E-state index in [4.69, 9.17) is 0 Å². The first-order valence-corrected chi connectivity index (χ1v) is 9.68. The van der Waals surface area contributed by atoms with E-state index in [1.165, 1.54) is 0 Å². The molecule has 1 aromatic heterocycles. The van der Waals surface area contributed by atoms with Gasteiger partial charge in [0.1, 0.15) is 0 Å². The first-order valence-electron chi connectivity index (χ1n) is 7.86. The zero-order valence-corrected chi connectivity index (χ0v) is 14.9. The van der Waals surface area contributed by atoms with Gasteiger partial charge in [-0.25, -0.2) is 13.4 Å². The monoisotopic (exact) mass is 347 g/mol. The van der Waals surface area contributed by atoms with Gasteiger partial charge < -0.3 is 0 Å². The fraction of sp³-hybridized carbons (Fsp3) is 0.412. The fourth-order valence-electron chi connectivity index (χ4n) is 3.25. The summed E-state index contributed by atoms with van der Waals surface area (Å²) in [6, 6.07) is 8.94. The van der Waals surface area contributed by atoms with E-state index < -0.39 is 9.84 Å². The third-order valence-electron chi connectivity index (χ3n) is 4.27. The number of fused-ring (bicyclic) bond motifs is 1. The highest BCUT2D eigenvalue weighted by molar-refractivity contribution is 7.91. The summed E-state index contributed by atoms with van der Waals surface area (Å²) in [6.45, 7) is 1.85. The Hall–Kier alpha value is -1.99. The zero-order chi connectivity index (χ0) is 17.5. The topological polar surface area (TPSA) is 70.6 Å². The number of sulfone groups is 1. The molecule has 0 N–H and O–H groups in total. The maximum absolute atomic E-state index is 13.2. The first kappa shape index (κ1) is 16.9. The Morgan fingerprint density at radius 2 is 1.96 bits per heavy atom. The van der Waals surface area contributed by atoms with Crippen molar-refractivity contribution in [1.82, 2.24) is 15.0 Å². The quantitative estimate of drug-likeness (QED) is 0.790. The molecular weight excluding hydrogens is 326 g/mol. The van der Waals surface area contributed by atoms with Gasteiger partial charge in [-0.2, -0.15) is 0 Å². The van der Waals surface area contributed by atoms with Gasteiger partial charge in [0.05, 0.1) is 28.6 Å². The van der Waals surface area contributed by atoms with E-state index >= 15 is 0 Å². The summed E-state index contributed by atoms with van der Waals surface area (Å²) in [5.41, 5.74) is 2.07. The van der Waals surface area contributed by atoms with Crippen LogP contribution in [0.25, 0.3) is 10.9 Å². The molecule has 0 bridgehead atoms. The molecule has 0 aliphatic carbocycles. The number of carbonyl (C=O) groups is 1. The number of benzene rings is 1. The molecule has 1 aliphatic heterocycles. The predicted octanol–water partition coefficient (Wildman–Crippen LogP) is 1.65. The predicted molar refractivity (Wildman–Crippen MR) is 93.4 cm³/mol. The van der Waals surface area contributed by atoms with Crippen molar-refractivity contribution in [3.63, 3.8) is 0 Å². The largest absolute Gasteiger partial charge is 0.269 e. The molecule has 1 aliphatic rings. The standard InChI is InChI=1S/C17H21N3O3S/c1-12-10-15(14-6-4-5-7-16(14)18-12)17(21)20(19(2)3)13-8-9-24(22,23)11-13/h4-7,10,13H,8-9,11H2,1-3H3. The fourth-order valence-corrected chi connectivity index (χ4v) is 4.94. The number of rotatable bonds is 3. The molecular formula is C17H21N3O3S. The molecule has 0 radical (unpaired) electrons. The summed E-state index contributed by atoms with van der Waals surface area (Å²) in [7, 11) is 0.453. The highest BCUT2D eigenvalue weighted by Gasteiger charge is 2.36. The average molecular weight is 347 g/mol. The molecule has 1 amide bonds. The minimum absolute atomic E-state index is 0.0128. The summed E-state index contributed by atoms with van der Waals surface area (Å²) in [5, 5.41) is 4.02. The molecule has 6 nitrogen and oxygen atoms in total. The molecule has 1 atom stereocenters. The van der Waals surface area contributed by atoms with E-state index in [-0.39, 0.29) is 23.5 Å². The van der Waals surface area contributed by atoms with E-state index in [2.05, 4.69) is 4.98 Å². The lowest BCUT2D eigenvalue weighted by molar-refractivity contribution is 0.00118. The van der Waals surface area contributed by atoms with E-state index in [9.17, 15) is 13.2 Å². The Balaban J connectivity index is 2.06. The molecule has 0 spiro atoms. The van der Waals surface area contributed by atoms with Crippen LogP contribution in [0.1, 0.15) is 22.5 Å². The van der Waals surface area contributed by atoms with Crippen molar-refractivity contribution in [2.45, 2.75) is 19.4 Å². The van der Waals surface area contributed by atoms with E-state index in [1.807, 2.05) is 31.2 Å². The van der Waals surface area contributed by atoms with Gasteiger partial charge >= 0.3 is 0 Å². The van der Waals surface area contributed by atoms with Gasteiger partial charge in [-0.1, -0.05) is 18.2 Å². The number of para-hydroxylation sites is 1. The van der Waals surface area contributed by atoms with Crippen molar-refractivity contribution < 1.29 is 13.2 Å². The van der Waals surface area contributed by atoms with E-state index in [1.54, 1.807) is 30.2 Å². The van der Waals surface area contributed by atoms with E-state index in [0.717, 1.165) is 16.6 Å². The zero-order valence-electron chi connectivity index (χ0n) is 14.1. The van der Waals surface area contributed by atoms with Crippen LogP contribution in [0.4, 0.5) is 0 Å². The van der Waals surface area contributed by atoms with Crippen molar-refractivity contribution in [3.8, 4) is 0 Å². The number of hydrogen-bond acceptors (Lipinski definition) is 5. The van der Waals surface area contributed by atoms with Gasteiger partial charge in [0.2, 0.25) is 0 Å². The van der Waals surface area contributed by atoms with Crippen molar-refractivity contribution in [2.75, 3.05) is 25.6 Å². The summed E-state index contributed by atoms with van der Waals surface area (Å²) >= 11 is 0. The summed E-state index contributed by atoms with van der Waals surface area (Å²) < 4.78 is 23.7. The molecule has 2 heterocycles. The van der Waals surface area contributed by atoms with Crippen LogP contribution < -0.4 is 0 Å². The Labute approximate surface area is 142 Å². The number of hydrazine groups is 1. The SMILES string of the molecule is Cc1cc(C(=O)N(C2CCS(=O)(=O)C2)N(C)C)c2ccccc2n1. The van der Waals surface area contributed by atoms with Gasteiger partial charge in [-0.05, 0) is 25.5 Å². The molecule has 0 saturated carbocycles. The van der Waals surface area contributed by atoms with Gasteiger partial charge in [0, 0.05) is 25.2 Å². The molecule has 2 aromatic rings. The number of aromatic nitrogens is 1. The second-order valence-corrected chi connectivity index (χ2v) is 8.61. The van der Waals surface area contributed by atoms with Gasteiger partial charge in [0.25, 0.3) is 5.91 Å². The number of pyridine rings is 1. The van der Waals surface area contributed by atoms with Crippen LogP contribution >= 0.6 is 0 Å². The Bertz CT molecular complexity index is 893. The summed E-state index contributed by atoms with van der Waals surface area (Å²) in [6.07, 6.45) is 0.467. The Kier molecular flexibility index (Phi) is 4.31. The van der Waals surface area contributed by atoms with Gasteiger partial charge in [-0.15, -0.1) is 0 Å². The smallest absolute Gasteiger partial charge is 0.268 e. The van der Waals surface area contributed by atoms with E-state index in [0.29, 0.717) is 12.0 Å². The molecule has 1 unspecified atom stereocenters. The maximum Gasteiger partial charge on any atom is 0.269 e. The molecule has 1 aromatic carbocycles. The van der Waals surface area contributed by atoms with Crippen LogP contribution in [0.2, 0.25) is 0 Å². The maximum atomic E-state index is 13.2. The first-order chi connectivity index (χ1) is 11.3. The molecule has 1 saturated heterocycles. The van der Waals surface area contributed by atoms with Crippen LogP contribution in [0.5, 0.6) is 0 Å². The molecule has 1 fully saturated rings. The number of nitrogens with zero attached hydrogens (tertiary/aromatic N) is 3. The Morgan fingerprint density at radius 3 is 2.58 bits per heavy atom. The van der Waals surface area contributed by atoms with Crippen molar-refractivity contribution in [3.05, 3.63) is 41.6 Å². The minimum atomic E-state index is -3.07. The average Bonchev–Trinajstić information content (AvgIpc) is 2.85. The minimum Gasteiger partial charge on any atom is -0.268 e. The van der Waals surface area contributed by atoms with Crippen LogP contribution in [-0.2, 0) is 9.84 Å². The molecule has 24 heavy (non-hydrogen) atoms. The summed E-state index contributed by atoms with van der Waals surface area (Å²) in [5.74, 6) is -0.0477. The lowest BCUT2D eigenvalue weighted by Gasteiger charge is -2.34. The molecule has 7 heteroatoms. The number of aryl methyl sites for hydroxylation is 1. The van der Waals surface area contributed by atoms with Crippen molar-refractivity contribution in [1.29, 1.82) is 0 Å². The lowest BCUT2D eigenvalue weighted by atomic mass is 10.1. The number of hydrogen-bond donors (Lipinski definition) is 0.